The first-order chi connectivity index (χ1) is 9.24. The zero-order valence-electron chi connectivity index (χ0n) is 11.0. The molecule has 5 heteroatoms. The van der Waals surface area contributed by atoms with Crippen LogP contribution in [0.4, 0.5) is 5.95 Å². The average Bonchev–Trinajstić information content (AvgIpc) is 2.98. The number of likely N-dealkylation sites (tertiary alicyclic amines) is 1. The molecule has 1 aliphatic rings. The Morgan fingerprint density at radius 2 is 2.00 bits per heavy atom. The molecule has 0 bridgehead atoms. The molecular weight excluding hydrogens is 351 g/mol. The number of rotatable bonds is 4. The molecule has 2 heterocycles. The zero-order valence-corrected chi connectivity index (χ0v) is 13.1. The Morgan fingerprint density at radius 3 is 2.79 bits per heavy atom. The Kier molecular flexibility index (Phi) is 3.93. The number of benzene rings is 1. The van der Waals surface area contributed by atoms with Gasteiger partial charge in [-0.05, 0) is 79.7 Å². The molecule has 2 aromatic rings. The van der Waals surface area contributed by atoms with Crippen LogP contribution in [-0.2, 0) is 6.54 Å². The lowest BCUT2D eigenvalue weighted by Gasteiger charge is -2.14. The summed E-state index contributed by atoms with van der Waals surface area (Å²) in [6.45, 7) is 4.65. The topological polar surface area (TPSA) is 47.1 Å². The second-order valence-electron chi connectivity index (χ2n) is 5.16. The third-order valence-corrected chi connectivity index (χ3v) is 4.47. The fraction of sp³-hybridized carbons (Fsp3) is 0.500. The van der Waals surface area contributed by atoms with Crippen LogP contribution in [0.15, 0.2) is 18.2 Å². The highest BCUT2D eigenvalue weighted by atomic mass is 127. The lowest BCUT2D eigenvalue weighted by atomic mass is 10.3. The van der Waals surface area contributed by atoms with E-state index in [4.69, 9.17) is 5.73 Å². The van der Waals surface area contributed by atoms with E-state index in [2.05, 4.69) is 55.2 Å². The Morgan fingerprint density at radius 1 is 1.21 bits per heavy atom. The van der Waals surface area contributed by atoms with Crippen molar-refractivity contribution in [2.75, 3.05) is 25.4 Å². The monoisotopic (exact) mass is 370 g/mol. The number of hydrogen-bond donors (Lipinski definition) is 1. The smallest absolute Gasteiger partial charge is 0.201 e. The second-order valence-corrected chi connectivity index (χ2v) is 6.40. The van der Waals surface area contributed by atoms with Gasteiger partial charge in [-0.1, -0.05) is 0 Å². The van der Waals surface area contributed by atoms with Crippen LogP contribution in [0, 0.1) is 3.57 Å². The fourth-order valence-electron chi connectivity index (χ4n) is 2.82. The molecule has 0 aliphatic carbocycles. The van der Waals surface area contributed by atoms with Gasteiger partial charge in [-0.3, -0.25) is 0 Å². The zero-order chi connectivity index (χ0) is 13.2. The van der Waals surface area contributed by atoms with Crippen LogP contribution in [0.2, 0.25) is 0 Å². The third-order valence-electron chi connectivity index (χ3n) is 3.79. The maximum Gasteiger partial charge on any atom is 0.201 e. The minimum Gasteiger partial charge on any atom is -0.369 e. The summed E-state index contributed by atoms with van der Waals surface area (Å²) >= 11 is 2.31. The summed E-state index contributed by atoms with van der Waals surface area (Å²) < 4.78 is 3.34. The number of nitrogens with two attached hydrogens (primary N) is 1. The highest BCUT2D eigenvalue weighted by Crippen LogP contribution is 2.20. The van der Waals surface area contributed by atoms with Crippen molar-refractivity contribution < 1.29 is 0 Å². The maximum absolute atomic E-state index is 6.03. The average molecular weight is 370 g/mol. The highest BCUT2D eigenvalue weighted by molar-refractivity contribution is 14.1. The van der Waals surface area contributed by atoms with Crippen LogP contribution < -0.4 is 5.73 Å². The van der Waals surface area contributed by atoms with E-state index in [1.807, 2.05) is 0 Å². The van der Waals surface area contributed by atoms with Crippen molar-refractivity contribution >= 4 is 39.6 Å². The molecule has 4 nitrogen and oxygen atoms in total. The molecule has 1 fully saturated rings. The summed E-state index contributed by atoms with van der Waals surface area (Å²) in [5, 5.41) is 0. The van der Waals surface area contributed by atoms with Gasteiger partial charge in [0.05, 0.1) is 11.0 Å². The van der Waals surface area contributed by atoms with Gasteiger partial charge in [0.1, 0.15) is 0 Å². The van der Waals surface area contributed by atoms with E-state index in [9.17, 15) is 0 Å². The summed E-state index contributed by atoms with van der Waals surface area (Å²) in [4.78, 5) is 6.99. The normalized spacial score (nSPS) is 16.5. The van der Waals surface area contributed by atoms with Gasteiger partial charge in [0.2, 0.25) is 5.95 Å². The Hall–Kier alpha value is -0.820. The minimum absolute atomic E-state index is 0.637. The Balaban J connectivity index is 1.71. The summed E-state index contributed by atoms with van der Waals surface area (Å²) in [6.07, 6.45) is 3.85. The van der Waals surface area contributed by atoms with E-state index in [-0.39, 0.29) is 0 Å². The molecule has 1 aliphatic heterocycles. The SMILES string of the molecule is Nc1nc2cc(I)ccc2n1CCCN1CCCC1. The van der Waals surface area contributed by atoms with Crippen molar-refractivity contribution in [3.8, 4) is 0 Å². The molecule has 0 unspecified atom stereocenters. The number of anilines is 1. The summed E-state index contributed by atoms with van der Waals surface area (Å²) in [5.74, 6) is 0.637. The number of halogens is 1. The Labute approximate surface area is 127 Å². The predicted molar refractivity (Wildman–Crippen MR) is 87.2 cm³/mol. The number of fused-ring (bicyclic) bond motifs is 1. The first kappa shape index (κ1) is 13.2. The van der Waals surface area contributed by atoms with E-state index in [0.29, 0.717) is 5.95 Å². The lowest BCUT2D eigenvalue weighted by molar-refractivity contribution is 0.326. The second kappa shape index (κ2) is 5.66. The number of aryl methyl sites for hydroxylation is 1. The standard InChI is InChI=1S/C14H19IN4/c15-11-4-5-13-12(10-11)17-14(16)19(13)9-3-8-18-6-1-2-7-18/h4-5,10H,1-3,6-9H2,(H2,16,17). The van der Waals surface area contributed by atoms with E-state index >= 15 is 0 Å². The van der Waals surface area contributed by atoms with Gasteiger partial charge in [0.25, 0.3) is 0 Å². The van der Waals surface area contributed by atoms with Crippen molar-refractivity contribution in [2.24, 2.45) is 0 Å². The van der Waals surface area contributed by atoms with E-state index in [1.54, 1.807) is 0 Å². The van der Waals surface area contributed by atoms with E-state index in [0.717, 1.165) is 24.0 Å². The largest absolute Gasteiger partial charge is 0.369 e. The van der Waals surface area contributed by atoms with Gasteiger partial charge < -0.3 is 15.2 Å². The molecular formula is C14H19IN4. The number of imidazole rings is 1. The van der Waals surface area contributed by atoms with Crippen LogP contribution in [0.25, 0.3) is 11.0 Å². The first-order valence-electron chi connectivity index (χ1n) is 6.88. The van der Waals surface area contributed by atoms with Gasteiger partial charge in [-0.2, -0.15) is 0 Å². The summed E-state index contributed by atoms with van der Waals surface area (Å²) in [7, 11) is 0. The molecule has 1 saturated heterocycles. The molecule has 0 amide bonds. The van der Waals surface area contributed by atoms with Crippen molar-refractivity contribution in [1.29, 1.82) is 0 Å². The van der Waals surface area contributed by atoms with Gasteiger partial charge in [0.15, 0.2) is 0 Å². The molecule has 3 rings (SSSR count). The van der Waals surface area contributed by atoms with Crippen molar-refractivity contribution in [2.45, 2.75) is 25.8 Å². The summed E-state index contributed by atoms with van der Waals surface area (Å²) in [5.41, 5.74) is 8.19. The van der Waals surface area contributed by atoms with Crippen molar-refractivity contribution in [1.82, 2.24) is 14.5 Å². The van der Waals surface area contributed by atoms with Gasteiger partial charge in [0, 0.05) is 10.1 Å². The minimum atomic E-state index is 0.637. The van der Waals surface area contributed by atoms with Gasteiger partial charge in [-0.15, -0.1) is 0 Å². The number of nitrogens with zero attached hydrogens (tertiary/aromatic N) is 3. The van der Waals surface area contributed by atoms with Crippen molar-refractivity contribution in [3.63, 3.8) is 0 Å². The molecule has 102 valence electrons. The van der Waals surface area contributed by atoms with Crippen LogP contribution in [0.3, 0.4) is 0 Å². The van der Waals surface area contributed by atoms with Crippen LogP contribution >= 0.6 is 22.6 Å². The molecule has 0 atom stereocenters. The maximum atomic E-state index is 6.03. The van der Waals surface area contributed by atoms with Crippen molar-refractivity contribution in [3.05, 3.63) is 21.8 Å². The lowest BCUT2D eigenvalue weighted by Crippen LogP contribution is -2.21. The Bertz CT molecular complexity index is 572. The van der Waals surface area contributed by atoms with Crippen LogP contribution in [0.1, 0.15) is 19.3 Å². The number of hydrogen-bond acceptors (Lipinski definition) is 3. The first-order valence-corrected chi connectivity index (χ1v) is 7.95. The predicted octanol–water partition coefficient (Wildman–Crippen LogP) is 2.71. The summed E-state index contributed by atoms with van der Waals surface area (Å²) in [6, 6.07) is 6.32. The molecule has 1 aromatic heterocycles. The third kappa shape index (κ3) is 2.86. The molecule has 19 heavy (non-hydrogen) atoms. The molecule has 2 N–H and O–H groups in total. The van der Waals surface area contributed by atoms with Gasteiger partial charge in [-0.25, -0.2) is 4.98 Å². The number of nitrogen functional groups attached to an aromatic ring is 1. The molecule has 0 saturated carbocycles. The van der Waals surface area contributed by atoms with E-state index < -0.39 is 0 Å². The van der Waals surface area contributed by atoms with Crippen LogP contribution in [-0.4, -0.2) is 34.1 Å². The quantitative estimate of drug-likeness (QED) is 0.842. The van der Waals surface area contributed by atoms with Gasteiger partial charge >= 0.3 is 0 Å². The van der Waals surface area contributed by atoms with E-state index in [1.165, 1.54) is 36.0 Å². The fourth-order valence-corrected chi connectivity index (χ4v) is 3.29. The highest BCUT2D eigenvalue weighted by Gasteiger charge is 2.12. The van der Waals surface area contributed by atoms with Crippen LogP contribution in [0.5, 0.6) is 0 Å². The number of aromatic nitrogens is 2. The molecule has 1 aromatic carbocycles. The molecule has 0 spiro atoms. The molecule has 0 radical (unpaired) electrons.